The molecule has 732 valence electrons. The van der Waals surface area contributed by atoms with Crippen molar-refractivity contribution in [3.05, 3.63) is 395 Å². The third kappa shape index (κ3) is 27.1. The lowest BCUT2D eigenvalue weighted by Gasteiger charge is -2.05. The standard InChI is InChI=1S/C17H11F3N2O3.4C17H12F2N2O3.C17H13FN2O3/c1-24-16(23)10-4-2-3-9(5-10)14-8-21-17(25-14)22-15-12(19)6-11(18)7-13(15)20;1-23-16(22)11-4-2-10(3-5-11)15-9-20-17(24-15)21-14-7-6-12(18)8-13(14)19;1-23-16(22)11-4-2-10(3-5-11)15-9-20-17(24-15)21-14-8-12(18)6-7-13(14)19;1-23-16(22)11-5-2-4-10(8-11)14-9-20-17(24-14)21-13-7-3-6-12(18)15(13)19;1-23-16(22)11-4-2-3-10(7-11)15-9-20-17(24-15)21-14-8-12(18)5-6-13(14)19;1-22-16(21)12-8-6-11(7-9-12)15-10-19-17(23-15)20-14-5-3-2-4-13(14)18/h2-8H,1H3,(H,21,22);4*2-9H,1H3,(H,20,21);2-10H,1H3,(H,19,20). The monoisotopic (exact) mass is 1980 g/mol. The summed E-state index contributed by atoms with van der Waals surface area (Å²) in [5, 5.41) is 15.4. The van der Waals surface area contributed by atoms with Crippen molar-refractivity contribution in [3.63, 3.8) is 0 Å². The van der Waals surface area contributed by atoms with Crippen LogP contribution in [-0.2, 0) is 28.4 Å². The molecule has 18 aromatic rings. The van der Waals surface area contributed by atoms with Crippen LogP contribution in [0.15, 0.2) is 318 Å². The zero-order valence-electron chi connectivity index (χ0n) is 75.3. The lowest BCUT2D eigenvalue weighted by Crippen LogP contribution is -2.00. The van der Waals surface area contributed by atoms with E-state index in [1.165, 1.54) is 110 Å². The Balaban J connectivity index is 0.000000145. The number of nitrogens with zero attached hydrogens (tertiary/aromatic N) is 6. The number of para-hydroxylation sites is 1. The smallest absolute Gasteiger partial charge is 0.337 e. The summed E-state index contributed by atoms with van der Waals surface area (Å²) in [5.41, 5.74) is 5.57. The van der Waals surface area contributed by atoms with Crippen LogP contribution in [0.2, 0.25) is 0 Å². The molecular formula is C102H72F12N12O18. The molecule has 0 amide bonds. The van der Waals surface area contributed by atoms with Gasteiger partial charge in [-0.1, -0.05) is 91.0 Å². The number of anilines is 12. The maximum atomic E-state index is 13.6. The van der Waals surface area contributed by atoms with Gasteiger partial charge in [-0.25, -0.2) is 111 Å². The van der Waals surface area contributed by atoms with E-state index in [-0.39, 0.29) is 70.3 Å². The summed E-state index contributed by atoms with van der Waals surface area (Å²) in [6, 6.07) is 59.6. The molecule has 0 radical (unpaired) electrons. The number of rotatable bonds is 24. The largest absolute Gasteiger partial charge is 0.465 e. The van der Waals surface area contributed by atoms with Crippen molar-refractivity contribution >= 4 is 106 Å². The molecule has 0 bridgehead atoms. The van der Waals surface area contributed by atoms with E-state index in [0.29, 0.717) is 102 Å². The summed E-state index contributed by atoms with van der Waals surface area (Å²) in [5.74, 6) is -9.95. The van der Waals surface area contributed by atoms with Gasteiger partial charge in [0.15, 0.2) is 57.8 Å². The van der Waals surface area contributed by atoms with Gasteiger partial charge in [0.2, 0.25) is 0 Å². The average Bonchev–Trinajstić information content (AvgIpc) is 1.77. The van der Waals surface area contributed by atoms with Gasteiger partial charge < -0.3 is 86.8 Å². The van der Waals surface area contributed by atoms with Gasteiger partial charge in [0.1, 0.15) is 52.2 Å². The molecule has 0 spiro atoms. The number of carbonyl (C=O) groups excluding carboxylic acids is 6. The second-order valence-electron chi connectivity index (χ2n) is 29.1. The summed E-state index contributed by atoms with van der Waals surface area (Å²) < 4.78 is 221. The quantitative estimate of drug-likeness (QED) is 0.0186. The Morgan fingerprint density at radius 3 is 0.819 bits per heavy atom. The van der Waals surface area contributed by atoms with E-state index in [4.69, 9.17) is 26.5 Å². The third-order valence-electron chi connectivity index (χ3n) is 19.6. The van der Waals surface area contributed by atoms with Crippen molar-refractivity contribution in [2.45, 2.75) is 0 Å². The van der Waals surface area contributed by atoms with Crippen molar-refractivity contribution in [2.24, 2.45) is 0 Å². The van der Waals surface area contributed by atoms with E-state index in [9.17, 15) is 81.5 Å². The molecule has 0 aliphatic rings. The van der Waals surface area contributed by atoms with Crippen LogP contribution in [0.5, 0.6) is 0 Å². The molecule has 6 N–H and O–H groups in total. The third-order valence-corrected chi connectivity index (χ3v) is 19.6. The van der Waals surface area contributed by atoms with E-state index in [0.717, 1.165) is 60.2 Å². The summed E-state index contributed by atoms with van der Waals surface area (Å²) >= 11 is 0. The Bertz CT molecular complexity index is 7470. The minimum atomic E-state index is -1.12. The summed E-state index contributed by atoms with van der Waals surface area (Å²) in [7, 11) is 7.78. The van der Waals surface area contributed by atoms with Crippen LogP contribution in [-0.4, -0.2) is 108 Å². The minimum Gasteiger partial charge on any atom is -0.465 e. The second kappa shape index (κ2) is 48.1. The second-order valence-corrected chi connectivity index (χ2v) is 29.1. The van der Waals surface area contributed by atoms with Crippen LogP contribution in [0, 0.1) is 69.8 Å². The van der Waals surface area contributed by atoms with E-state index >= 15 is 0 Å². The fraction of sp³-hybridized carbons (Fsp3) is 0.0588. The average molecular weight is 1980 g/mol. The number of hydrogen-bond acceptors (Lipinski definition) is 30. The number of halogens is 12. The first-order chi connectivity index (χ1) is 69.4. The van der Waals surface area contributed by atoms with Gasteiger partial charge >= 0.3 is 35.8 Å². The number of nitrogens with one attached hydrogen (secondary N) is 6. The molecule has 0 aliphatic carbocycles. The molecule has 0 aliphatic heterocycles. The van der Waals surface area contributed by atoms with Crippen LogP contribution < -0.4 is 31.9 Å². The zero-order chi connectivity index (χ0) is 103. The van der Waals surface area contributed by atoms with Crippen molar-refractivity contribution in [2.75, 3.05) is 74.6 Å². The Hall–Kier alpha value is -19.3. The number of oxazole rings is 6. The summed E-state index contributed by atoms with van der Waals surface area (Å²) in [6.07, 6.45) is 8.56. The van der Waals surface area contributed by atoms with E-state index in [1.54, 1.807) is 158 Å². The van der Waals surface area contributed by atoms with Gasteiger partial charge in [0, 0.05) is 63.7 Å². The van der Waals surface area contributed by atoms with Crippen LogP contribution in [0.3, 0.4) is 0 Å². The number of esters is 6. The number of benzene rings is 12. The Morgan fingerprint density at radius 2 is 0.479 bits per heavy atom. The highest BCUT2D eigenvalue weighted by atomic mass is 19.2. The predicted molar refractivity (Wildman–Crippen MR) is 498 cm³/mol. The Kier molecular flexibility index (Phi) is 34.1. The van der Waals surface area contributed by atoms with Crippen molar-refractivity contribution in [1.82, 2.24) is 29.9 Å². The Labute approximate surface area is 806 Å². The molecule has 0 fully saturated rings. The molecule has 0 unspecified atom stereocenters. The first-order valence-corrected chi connectivity index (χ1v) is 41.6. The number of methoxy groups -OCH3 is 6. The van der Waals surface area contributed by atoms with Crippen LogP contribution in [0.25, 0.3) is 67.9 Å². The van der Waals surface area contributed by atoms with Gasteiger partial charge in [0.25, 0.3) is 36.1 Å². The molecule has 12 aromatic carbocycles. The van der Waals surface area contributed by atoms with Crippen LogP contribution in [0.4, 0.5) is 123 Å². The highest BCUT2D eigenvalue weighted by molar-refractivity contribution is 5.94. The summed E-state index contributed by atoms with van der Waals surface area (Å²) in [4.78, 5) is 92.7. The maximum absolute atomic E-state index is 13.6. The van der Waals surface area contributed by atoms with Gasteiger partial charge in [-0.15, -0.1) is 0 Å². The number of hydrogen-bond donors (Lipinski definition) is 6. The molecule has 0 saturated carbocycles. The van der Waals surface area contributed by atoms with Gasteiger partial charge in [-0.3, -0.25) is 0 Å². The molecule has 0 saturated heterocycles. The molecule has 18 rings (SSSR count). The molecule has 30 nitrogen and oxygen atoms in total. The van der Waals surface area contributed by atoms with Crippen LogP contribution >= 0.6 is 0 Å². The first kappa shape index (κ1) is 102. The van der Waals surface area contributed by atoms with E-state index in [2.05, 4.69) is 90.2 Å². The first-order valence-electron chi connectivity index (χ1n) is 41.6. The highest BCUT2D eigenvalue weighted by Crippen LogP contribution is 2.36. The molecular weight excluding hydrogens is 1910 g/mol. The highest BCUT2D eigenvalue weighted by Gasteiger charge is 2.23. The van der Waals surface area contributed by atoms with Gasteiger partial charge in [-0.2, -0.15) is 0 Å². The fourth-order valence-corrected chi connectivity index (χ4v) is 12.5. The van der Waals surface area contributed by atoms with E-state index < -0.39 is 111 Å². The molecule has 6 heterocycles. The van der Waals surface area contributed by atoms with Gasteiger partial charge in [-0.05, 0) is 133 Å². The lowest BCUT2D eigenvalue weighted by molar-refractivity contribution is 0.0592. The number of aromatic nitrogens is 6. The van der Waals surface area contributed by atoms with Crippen molar-refractivity contribution < 1.29 is 136 Å². The van der Waals surface area contributed by atoms with Crippen LogP contribution in [0.1, 0.15) is 62.1 Å². The summed E-state index contributed by atoms with van der Waals surface area (Å²) in [6.45, 7) is 0. The minimum absolute atomic E-state index is 0.00188. The fourth-order valence-electron chi connectivity index (χ4n) is 12.5. The zero-order valence-corrected chi connectivity index (χ0v) is 75.3. The molecule has 0 atom stereocenters. The SMILES string of the molecule is COC(=O)c1ccc(-c2cnc(Nc3cc(F)ccc3F)o2)cc1.COC(=O)c1ccc(-c2cnc(Nc3ccc(F)cc3F)o2)cc1.COC(=O)c1ccc(-c2cnc(Nc3ccccc3F)o2)cc1.COC(=O)c1cccc(-c2cnc(Nc3c(F)cc(F)cc3F)o2)c1.COC(=O)c1cccc(-c2cnc(Nc3cc(F)ccc3F)o2)c1.COC(=O)c1cccc(-c2cnc(Nc3cccc(F)c3F)o2)c1. The Morgan fingerprint density at radius 1 is 0.215 bits per heavy atom. The van der Waals surface area contributed by atoms with Crippen molar-refractivity contribution in [3.8, 4) is 67.9 Å². The van der Waals surface area contributed by atoms with Gasteiger partial charge in [0.05, 0.1) is 142 Å². The predicted octanol–water partition coefficient (Wildman–Crippen LogP) is 24.9. The number of carbonyl (C=O) groups is 6. The normalized spacial score (nSPS) is 10.5. The number of ether oxygens (including phenoxy) is 6. The maximum Gasteiger partial charge on any atom is 0.337 e. The molecule has 144 heavy (non-hydrogen) atoms. The van der Waals surface area contributed by atoms with E-state index in [1.807, 2.05) is 0 Å². The van der Waals surface area contributed by atoms with Crippen molar-refractivity contribution in [1.29, 1.82) is 0 Å². The molecule has 6 aromatic heterocycles. The topological polar surface area (TPSA) is 386 Å². The molecule has 42 heteroatoms. The lowest BCUT2D eigenvalue weighted by atomic mass is 10.1.